The smallest absolute Gasteiger partial charge is 0.323 e. The van der Waals surface area contributed by atoms with Gasteiger partial charge in [0.1, 0.15) is 5.97 Å². The van der Waals surface area contributed by atoms with Gasteiger partial charge in [-0.05, 0) is 68.6 Å². The molecule has 4 aliphatic carbocycles. The molecule has 0 aliphatic heterocycles. The van der Waals surface area contributed by atoms with Crippen LogP contribution in [0.1, 0.15) is 58.8 Å². The highest BCUT2D eigenvalue weighted by Gasteiger charge is 2.57. The number of carbonyl (C=O) groups is 2. The van der Waals surface area contributed by atoms with Gasteiger partial charge in [0.25, 0.3) is 0 Å². The van der Waals surface area contributed by atoms with Crippen molar-refractivity contribution in [2.75, 3.05) is 0 Å². The maximum atomic E-state index is 14.0. The first-order valence-electron chi connectivity index (χ1n) is 8.92. The van der Waals surface area contributed by atoms with Crippen LogP contribution in [0.15, 0.2) is 0 Å². The van der Waals surface area contributed by atoms with Crippen molar-refractivity contribution < 1.29 is 28.2 Å². The minimum absolute atomic E-state index is 0.195. The first kappa shape index (κ1) is 17.6. The molecule has 4 rings (SSSR count). The molecule has 0 radical (unpaired) electrons. The van der Waals surface area contributed by atoms with Crippen molar-refractivity contribution >= 4 is 11.9 Å². The van der Waals surface area contributed by atoms with Crippen LogP contribution in [0.25, 0.3) is 0 Å². The highest BCUT2D eigenvalue weighted by molar-refractivity contribution is 5.79. The van der Waals surface area contributed by atoms with Crippen LogP contribution in [0.5, 0.6) is 0 Å². The van der Waals surface area contributed by atoms with Gasteiger partial charge in [-0.25, -0.2) is 0 Å². The minimum atomic E-state index is -4.16. The Morgan fingerprint density at radius 3 is 1.96 bits per heavy atom. The van der Waals surface area contributed by atoms with Crippen molar-refractivity contribution in [1.82, 2.24) is 0 Å². The standard InChI is InChI=1S/C18H26F2O4/c1-10(2)3-14(18(19,20)15(21)22)24-16(23)17-7-11-4-12(8-17)6-13(5-11)9-17/h10-14H,3-9H2,1-2H3,(H,21,22)/p-1. The van der Waals surface area contributed by atoms with Crippen molar-refractivity contribution in [3.05, 3.63) is 0 Å². The van der Waals surface area contributed by atoms with Crippen LogP contribution >= 0.6 is 0 Å². The van der Waals surface area contributed by atoms with Gasteiger partial charge in [0.15, 0.2) is 6.10 Å². The van der Waals surface area contributed by atoms with Crippen LogP contribution in [-0.2, 0) is 14.3 Å². The zero-order valence-electron chi connectivity index (χ0n) is 14.2. The first-order valence-corrected chi connectivity index (χ1v) is 8.92. The third-order valence-electron chi connectivity index (χ3n) is 6.08. The molecule has 4 saturated carbocycles. The normalized spacial score (nSPS) is 36.0. The summed E-state index contributed by atoms with van der Waals surface area (Å²) in [6.45, 7) is 3.38. The molecule has 0 spiro atoms. The number of alkyl halides is 2. The minimum Gasteiger partial charge on any atom is -0.544 e. The molecule has 4 aliphatic rings. The van der Waals surface area contributed by atoms with Gasteiger partial charge in [-0.3, -0.25) is 4.79 Å². The van der Waals surface area contributed by atoms with Crippen LogP contribution < -0.4 is 5.11 Å². The van der Waals surface area contributed by atoms with E-state index in [2.05, 4.69) is 0 Å². The second-order valence-electron chi connectivity index (χ2n) is 8.63. The molecule has 0 heterocycles. The number of rotatable bonds is 6. The highest BCUT2D eigenvalue weighted by atomic mass is 19.3. The average Bonchev–Trinajstić information content (AvgIpc) is 2.44. The molecule has 1 unspecified atom stereocenters. The lowest BCUT2D eigenvalue weighted by Gasteiger charge is -2.55. The lowest BCUT2D eigenvalue weighted by molar-refractivity contribution is -0.337. The summed E-state index contributed by atoms with van der Waals surface area (Å²) < 4.78 is 33.1. The SMILES string of the molecule is CC(C)CC(OC(=O)C12CC3CC(CC(C3)C1)C2)C(F)(F)C(=O)[O-]. The van der Waals surface area contributed by atoms with Gasteiger partial charge in [0.05, 0.1) is 5.41 Å². The molecule has 0 aromatic carbocycles. The lowest BCUT2D eigenvalue weighted by Crippen LogP contribution is -2.55. The monoisotopic (exact) mass is 343 g/mol. The number of hydrogen-bond donors (Lipinski definition) is 0. The van der Waals surface area contributed by atoms with E-state index in [1.54, 1.807) is 13.8 Å². The van der Waals surface area contributed by atoms with Gasteiger partial charge >= 0.3 is 11.9 Å². The third kappa shape index (κ3) is 3.04. The van der Waals surface area contributed by atoms with E-state index in [4.69, 9.17) is 4.74 Å². The summed E-state index contributed by atoms with van der Waals surface area (Å²) >= 11 is 0. The van der Waals surface area contributed by atoms with E-state index < -0.39 is 29.4 Å². The molecular weight excluding hydrogens is 318 g/mol. The molecule has 0 aromatic heterocycles. The Balaban J connectivity index is 1.77. The van der Waals surface area contributed by atoms with Crippen LogP contribution in [0, 0.1) is 29.1 Å². The van der Waals surface area contributed by atoms with Crippen LogP contribution in [0.3, 0.4) is 0 Å². The Morgan fingerprint density at radius 2 is 1.58 bits per heavy atom. The van der Waals surface area contributed by atoms with Gasteiger partial charge in [0.2, 0.25) is 0 Å². The van der Waals surface area contributed by atoms with Gasteiger partial charge < -0.3 is 14.6 Å². The zero-order valence-corrected chi connectivity index (χ0v) is 14.2. The van der Waals surface area contributed by atoms with Crippen molar-refractivity contribution in [3.63, 3.8) is 0 Å². The van der Waals surface area contributed by atoms with Crippen LogP contribution in [-0.4, -0.2) is 24.0 Å². The molecular formula is C18H25F2O4-. The molecule has 4 fully saturated rings. The fourth-order valence-electron chi connectivity index (χ4n) is 5.44. The summed E-state index contributed by atoms with van der Waals surface area (Å²) in [6, 6.07) is 0. The molecule has 4 bridgehead atoms. The fraction of sp³-hybridized carbons (Fsp3) is 0.889. The number of halogens is 2. The van der Waals surface area contributed by atoms with E-state index in [0.717, 1.165) is 19.3 Å². The van der Waals surface area contributed by atoms with Gasteiger partial charge in [-0.15, -0.1) is 0 Å². The second kappa shape index (κ2) is 5.95. The Hall–Kier alpha value is -1.20. The number of ether oxygens (including phenoxy) is 1. The maximum absolute atomic E-state index is 14.0. The fourth-order valence-corrected chi connectivity index (χ4v) is 5.44. The largest absolute Gasteiger partial charge is 0.544 e. The van der Waals surface area contributed by atoms with Gasteiger partial charge in [-0.2, -0.15) is 8.78 Å². The Bertz CT molecular complexity index is 494. The number of aliphatic carboxylic acids is 1. The average molecular weight is 343 g/mol. The van der Waals surface area contributed by atoms with Crippen LogP contribution in [0.4, 0.5) is 8.78 Å². The zero-order chi connectivity index (χ0) is 17.7. The lowest BCUT2D eigenvalue weighted by atomic mass is 9.49. The highest BCUT2D eigenvalue weighted by Crippen LogP contribution is 2.60. The topological polar surface area (TPSA) is 66.4 Å². The summed E-state index contributed by atoms with van der Waals surface area (Å²) in [6.07, 6.45) is 3.31. The number of esters is 1. The van der Waals surface area contributed by atoms with E-state index in [-0.39, 0.29) is 12.3 Å². The summed E-state index contributed by atoms with van der Waals surface area (Å²) in [5.74, 6) is -6.04. The van der Waals surface area contributed by atoms with E-state index in [1.807, 2.05) is 0 Å². The van der Waals surface area contributed by atoms with Gasteiger partial charge in [0, 0.05) is 0 Å². The number of hydrogen-bond acceptors (Lipinski definition) is 4. The van der Waals surface area contributed by atoms with E-state index in [1.165, 1.54) is 0 Å². The molecule has 0 saturated heterocycles. The molecule has 0 amide bonds. The third-order valence-corrected chi connectivity index (χ3v) is 6.08. The maximum Gasteiger partial charge on any atom is 0.323 e. The summed E-state index contributed by atoms with van der Waals surface area (Å²) in [5.41, 5.74) is -0.675. The molecule has 136 valence electrons. The van der Waals surface area contributed by atoms with Crippen molar-refractivity contribution in [3.8, 4) is 0 Å². The first-order chi connectivity index (χ1) is 11.1. The number of carboxylic acids is 1. The predicted molar refractivity (Wildman–Crippen MR) is 79.9 cm³/mol. The molecule has 1 atom stereocenters. The van der Waals surface area contributed by atoms with Crippen LogP contribution in [0.2, 0.25) is 0 Å². The van der Waals surface area contributed by atoms with Crippen molar-refractivity contribution in [2.24, 2.45) is 29.1 Å². The molecule has 0 aromatic rings. The van der Waals surface area contributed by atoms with Crippen molar-refractivity contribution in [1.29, 1.82) is 0 Å². The van der Waals surface area contributed by atoms with E-state index in [9.17, 15) is 23.5 Å². The molecule has 0 N–H and O–H groups in total. The quantitative estimate of drug-likeness (QED) is 0.695. The summed E-state index contributed by atoms with van der Waals surface area (Å²) in [4.78, 5) is 23.6. The Labute approximate surface area is 140 Å². The van der Waals surface area contributed by atoms with E-state index >= 15 is 0 Å². The second-order valence-corrected chi connectivity index (χ2v) is 8.63. The Kier molecular flexibility index (Phi) is 4.37. The molecule has 24 heavy (non-hydrogen) atoms. The summed E-state index contributed by atoms with van der Waals surface area (Å²) in [7, 11) is 0. The van der Waals surface area contributed by atoms with Crippen molar-refractivity contribution in [2.45, 2.75) is 70.8 Å². The van der Waals surface area contributed by atoms with Gasteiger partial charge in [-0.1, -0.05) is 13.8 Å². The number of carboxylic acid groups (broad SMARTS) is 1. The molecule has 4 nitrogen and oxygen atoms in total. The Morgan fingerprint density at radius 1 is 1.12 bits per heavy atom. The molecule has 6 heteroatoms. The predicted octanol–water partition coefficient (Wildman–Crippen LogP) is 2.55. The summed E-state index contributed by atoms with van der Waals surface area (Å²) in [5, 5.41) is 10.8. The van der Waals surface area contributed by atoms with E-state index in [0.29, 0.717) is 37.0 Å². The number of carbonyl (C=O) groups excluding carboxylic acids is 2.